The van der Waals surface area contributed by atoms with Crippen LogP contribution in [0, 0.1) is 0 Å². The molecule has 0 aromatic carbocycles. The summed E-state index contributed by atoms with van der Waals surface area (Å²) in [5.41, 5.74) is 1.55. The first kappa shape index (κ1) is 11.7. The lowest BCUT2D eigenvalue weighted by molar-refractivity contribution is 0.288. The highest BCUT2D eigenvalue weighted by Crippen LogP contribution is 2.08. The van der Waals surface area contributed by atoms with E-state index >= 15 is 0 Å². The molecule has 0 aromatic heterocycles. The first-order chi connectivity index (χ1) is 6.72. The third-order valence-electron chi connectivity index (χ3n) is 3.05. The van der Waals surface area contributed by atoms with E-state index in [9.17, 15) is 0 Å². The quantitative estimate of drug-likeness (QED) is 0.677. The monoisotopic (exact) mass is 196 g/mol. The fourth-order valence-corrected chi connectivity index (χ4v) is 1.63. The lowest BCUT2D eigenvalue weighted by Gasteiger charge is -2.25. The number of hydrogen-bond acceptors (Lipinski definition) is 2. The third-order valence-corrected chi connectivity index (χ3v) is 3.05. The topological polar surface area (TPSA) is 15.3 Å². The number of rotatable bonds is 5. The smallest absolute Gasteiger partial charge is 0.0166 e. The van der Waals surface area contributed by atoms with Gasteiger partial charge in [0.25, 0.3) is 0 Å². The van der Waals surface area contributed by atoms with Gasteiger partial charge in [0.1, 0.15) is 0 Å². The van der Waals surface area contributed by atoms with Crippen molar-refractivity contribution in [2.24, 2.45) is 0 Å². The molecule has 1 rings (SSSR count). The molecule has 0 spiro atoms. The Morgan fingerprint density at radius 2 is 2.36 bits per heavy atom. The summed E-state index contributed by atoms with van der Waals surface area (Å²) in [6.45, 7) is 11.4. The Balaban J connectivity index is 2.08. The molecule has 82 valence electrons. The van der Waals surface area contributed by atoms with E-state index in [0.717, 1.165) is 13.1 Å². The number of nitrogens with one attached hydrogen (secondary N) is 1. The molecule has 1 aliphatic rings. The van der Waals surface area contributed by atoms with Crippen LogP contribution >= 0.6 is 0 Å². The number of nitrogens with zero attached hydrogens (tertiary/aromatic N) is 1. The van der Waals surface area contributed by atoms with Gasteiger partial charge in [0.05, 0.1) is 0 Å². The van der Waals surface area contributed by atoms with Crippen molar-refractivity contribution in [3.63, 3.8) is 0 Å². The molecule has 0 saturated carbocycles. The molecular weight excluding hydrogens is 172 g/mol. The maximum atomic E-state index is 3.53. The second kappa shape index (κ2) is 6.20. The Kier molecular flexibility index (Phi) is 5.20. The van der Waals surface area contributed by atoms with E-state index < -0.39 is 0 Å². The summed E-state index contributed by atoms with van der Waals surface area (Å²) in [7, 11) is 0. The van der Waals surface area contributed by atoms with Crippen LogP contribution < -0.4 is 5.32 Å². The minimum Gasteiger partial charge on any atom is -0.313 e. The van der Waals surface area contributed by atoms with Gasteiger partial charge in [0, 0.05) is 32.2 Å². The van der Waals surface area contributed by atoms with E-state index in [1.54, 1.807) is 5.57 Å². The summed E-state index contributed by atoms with van der Waals surface area (Å²) in [5, 5.41) is 3.53. The van der Waals surface area contributed by atoms with Gasteiger partial charge in [-0.2, -0.15) is 0 Å². The molecule has 14 heavy (non-hydrogen) atoms. The highest BCUT2D eigenvalue weighted by Gasteiger charge is 2.08. The van der Waals surface area contributed by atoms with Gasteiger partial charge in [-0.3, -0.25) is 4.90 Å². The van der Waals surface area contributed by atoms with Gasteiger partial charge in [-0.1, -0.05) is 18.6 Å². The molecule has 0 aromatic rings. The van der Waals surface area contributed by atoms with Gasteiger partial charge in [-0.05, 0) is 26.7 Å². The Morgan fingerprint density at radius 3 is 2.93 bits per heavy atom. The van der Waals surface area contributed by atoms with Crippen LogP contribution in [0.1, 0.15) is 33.6 Å². The summed E-state index contributed by atoms with van der Waals surface area (Å²) in [6.07, 6.45) is 4.83. The zero-order valence-corrected chi connectivity index (χ0v) is 9.84. The summed E-state index contributed by atoms with van der Waals surface area (Å²) < 4.78 is 0. The van der Waals surface area contributed by atoms with Crippen LogP contribution in [0.25, 0.3) is 0 Å². The van der Waals surface area contributed by atoms with Gasteiger partial charge >= 0.3 is 0 Å². The van der Waals surface area contributed by atoms with E-state index in [1.807, 2.05) is 0 Å². The van der Waals surface area contributed by atoms with Gasteiger partial charge in [-0.25, -0.2) is 0 Å². The van der Waals surface area contributed by atoms with Crippen LogP contribution in [0.15, 0.2) is 11.6 Å². The third kappa shape index (κ3) is 4.25. The van der Waals surface area contributed by atoms with Crippen LogP contribution in [0.2, 0.25) is 0 Å². The second-order valence-electron chi connectivity index (χ2n) is 4.36. The maximum Gasteiger partial charge on any atom is 0.0166 e. The highest BCUT2D eigenvalue weighted by molar-refractivity contribution is 5.03. The zero-order chi connectivity index (χ0) is 10.4. The molecule has 0 radical (unpaired) electrons. The second-order valence-corrected chi connectivity index (χ2v) is 4.36. The van der Waals surface area contributed by atoms with Crippen molar-refractivity contribution < 1.29 is 0 Å². The molecule has 1 atom stereocenters. The Hall–Kier alpha value is -0.340. The van der Waals surface area contributed by atoms with E-state index in [-0.39, 0.29) is 0 Å². The summed E-state index contributed by atoms with van der Waals surface area (Å²) >= 11 is 0. The van der Waals surface area contributed by atoms with E-state index in [1.165, 1.54) is 25.9 Å². The van der Waals surface area contributed by atoms with Crippen LogP contribution in [0.4, 0.5) is 0 Å². The molecule has 0 saturated heterocycles. The van der Waals surface area contributed by atoms with E-state index in [0.29, 0.717) is 6.04 Å². The first-order valence-corrected chi connectivity index (χ1v) is 5.83. The van der Waals surface area contributed by atoms with Crippen molar-refractivity contribution in [3.05, 3.63) is 11.6 Å². The Morgan fingerprint density at radius 1 is 1.57 bits per heavy atom. The maximum absolute atomic E-state index is 3.53. The standard InChI is InChI=1S/C12H24N2/c1-4-12(3)13-7-10-14-8-5-11(2)6-9-14/h5,12-13H,4,6-10H2,1-3H3. The minimum absolute atomic E-state index is 0.664. The molecular formula is C12H24N2. The normalized spacial score (nSPS) is 20.6. The fourth-order valence-electron chi connectivity index (χ4n) is 1.63. The van der Waals surface area contributed by atoms with Crippen LogP contribution in [-0.4, -0.2) is 37.1 Å². The number of hydrogen-bond donors (Lipinski definition) is 1. The van der Waals surface area contributed by atoms with Crippen molar-refractivity contribution in [2.75, 3.05) is 26.2 Å². The predicted molar refractivity (Wildman–Crippen MR) is 62.6 cm³/mol. The minimum atomic E-state index is 0.664. The summed E-state index contributed by atoms with van der Waals surface area (Å²) in [6, 6.07) is 0.664. The Bertz CT molecular complexity index is 187. The zero-order valence-electron chi connectivity index (χ0n) is 9.84. The van der Waals surface area contributed by atoms with E-state index in [4.69, 9.17) is 0 Å². The van der Waals surface area contributed by atoms with Crippen molar-refractivity contribution in [1.29, 1.82) is 0 Å². The average molecular weight is 196 g/mol. The molecule has 2 heteroatoms. The molecule has 1 heterocycles. The fraction of sp³-hybridized carbons (Fsp3) is 0.833. The van der Waals surface area contributed by atoms with Crippen molar-refractivity contribution >= 4 is 0 Å². The lowest BCUT2D eigenvalue weighted by atomic mass is 10.1. The first-order valence-electron chi connectivity index (χ1n) is 5.83. The van der Waals surface area contributed by atoms with Crippen LogP contribution in [0.5, 0.6) is 0 Å². The van der Waals surface area contributed by atoms with Gasteiger partial charge in [-0.15, -0.1) is 0 Å². The van der Waals surface area contributed by atoms with Crippen molar-refractivity contribution in [2.45, 2.75) is 39.7 Å². The largest absolute Gasteiger partial charge is 0.313 e. The molecule has 0 aliphatic carbocycles. The molecule has 1 N–H and O–H groups in total. The molecule has 1 aliphatic heterocycles. The summed E-state index contributed by atoms with van der Waals surface area (Å²) in [4.78, 5) is 2.52. The van der Waals surface area contributed by atoms with Gasteiger partial charge in [0.2, 0.25) is 0 Å². The predicted octanol–water partition coefficient (Wildman–Crippen LogP) is 2.03. The van der Waals surface area contributed by atoms with Crippen LogP contribution in [0.3, 0.4) is 0 Å². The summed E-state index contributed by atoms with van der Waals surface area (Å²) in [5.74, 6) is 0. The lowest BCUT2D eigenvalue weighted by Crippen LogP contribution is -2.37. The van der Waals surface area contributed by atoms with Crippen molar-refractivity contribution in [3.8, 4) is 0 Å². The molecule has 1 unspecified atom stereocenters. The van der Waals surface area contributed by atoms with Gasteiger partial charge in [0.15, 0.2) is 0 Å². The molecule has 0 amide bonds. The Labute approximate surface area is 88.4 Å². The van der Waals surface area contributed by atoms with E-state index in [2.05, 4.69) is 37.1 Å². The van der Waals surface area contributed by atoms with Gasteiger partial charge < -0.3 is 5.32 Å². The van der Waals surface area contributed by atoms with Crippen molar-refractivity contribution in [1.82, 2.24) is 10.2 Å². The highest BCUT2D eigenvalue weighted by atomic mass is 15.1. The molecule has 2 nitrogen and oxygen atoms in total. The average Bonchev–Trinajstić information content (AvgIpc) is 2.21. The van der Waals surface area contributed by atoms with Crippen LogP contribution in [-0.2, 0) is 0 Å². The SMILES string of the molecule is CCC(C)NCCN1CC=C(C)CC1. The molecule has 0 fully saturated rings. The molecule has 0 bridgehead atoms.